The molecule has 0 spiro atoms. The minimum Gasteiger partial charge on any atom is -0.619 e. The maximum Gasteiger partial charge on any atom is 0.316 e. The van der Waals surface area contributed by atoms with Crippen LogP contribution in [-0.2, 0) is 15.8 Å². The van der Waals surface area contributed by atoms with E-state index < -0.39 is 10.0 Å². The van der Waals surface area contributed by atoms with Gasteiger partial charge in [0, 0.05) is 43.3 Å². The zero-order valence-electron chi connectivity index (χ0n) is 20.2. The number of piperazine rings is 1. The molecule has 0 radical (unpaired) electrons. The molecule has 3 heterocycles. The van der Waals surface area contributed by atoms with Crippen molar-refractivity contribution in [2.75, 3.05) is 31.1 Å². The molecule has 1 aromatic carbocycles. The Hall–Kier alpha value is -3.15. The number of aromatic nitrogens is 3. The van der Waals surface area contributed by atoms with Crippen molar-refractivity contribution in [3.05, 3.63) is 81.1 Å². The number of benzene rings is 1. The SMILES string of the molecule is O=c1c(OC2CCCC2)c(N2CCN(S(=O)(=O)Cc3cc[n+]([O-])cc3)CC2)cnn1-c1cccc(Cl)c1. The van der Waals surface area contributed by atoms with Crippen molar-refractivity contribution in [2.24, 2.45) is 0 Å². The molecule has 12 heteroatoms. The van der Waals surface area contributed by atoms with Gasteiger partial charge < -0.3 is 14.8 Å². The molecular weight excluding hydrogens is 518 g/mol. The Morgan fingerprint density at radius 1 is 1.08 bits per heavy atom. The largest absolute Gasteiger partial charge is 0.619 e. The number of sulfonamides is 1. The molecule has 2 fully saturated rings. The van der Waals surface area contributed by atoms with Crippen molar-refractivity contribution in [2.45, 2.75) is 37.5 Å². The van der Waals surface area contributed by atoms with Crippen molar-refractivity contribution in [1.29, 1.82) is 0 Å². The predicted molar refractivity (Wildman–Crippen MR) is 140 cm³/mol. The second-order valence-electron chi connectivity index (χ2n) is 9.29. The van der Waals surface area contributed by atoms with Gasteiger partial charge in [0.1, 0.15) is 5.69 Å². The lowest BCUT2D eigenvalue weighted by molar-refractivity contribution is -0.605. The molecule has 0 bridgehead atoms. The highest BCUT2D eigenvalue weighted by Crippen LogP contribution is 2.30. The van der Waals surface area contributed by atoms with Gasteiger partial charge >= 0.3 is 5.56 Å². The predicted octanol–water partition coefficient (Wildman–Crippen LogP) is 2.49. The quantitative estimate of drug-likeness (QED) is 0.331. The van der Waals surface area contributed by atoms with Crippen molar-refractivity contribution < 1.29 is 17.9 Å². The fourth-order valence-corrected chi connectivity index (χ4v) is 6.48. The number of hydrogen-bond acceptors (Lipinski definition) is 7. The molecule has 196 valence electrons. The van der Waals surface area contributed by atoms with Gasteiger partial charge in [-0.15, -0.1) is 0 Å². The molecule has 2 aliphatic rings. The van der Waals surface area contributed by atoms with Gasteiger partial charge in [-0.25, -0.2) is 8.42 Å². The van der Waals surface area contributed by atoms with Crippen LogP contribution in [-0.4, -0.2) is 54.8 Å². The Bertz CT molecular complexity index is 1420. The lowest BCUT2D eigenvalue weighted by Gasteiger charge is -2.36. The normalized spacial score (nSPS) is 17.3. The zero-order chi connectivity index (χ0) is 26.0. The summed E-state index contributed by atoms with van der Waals surface area (Å²) in [6.07, 6.45) is 8.02. The lowest BCUT2D eigenvalue weighted by atomic mass is 10.2. The number of anilines is 1. The van der Waals surface area contributed by atoms with Crippen LogP contribution < -0.4 is 19.9 Å². The van der Waals surface area contributed by atoms with E-state index in [9.17, 15) is 18.4 Å². The first kappa shape index (κ1) is 25.5. The summed E-state index contributed by atoms with van der Waals surface area (Å²) in [4.78, 5) is 15.5. The number of halogens is 1. The summed E-state index contributed by atoms with van der Waals surface area (Å²) < 4.78 is 35.6. The Morgan fingerprint density at radius 2 is 1.78 bits per heavy atom. The van der Waals surface area contributed by atoms with Gasteiger partial charge in [-0.1, -0.05) is 17.7 Å². The van der Waals surface area contributed by atoms with E-state index in [2.05, 4.69) is 5.10 Å². The van der Waals surface area contributed by atoms with Crippen LogP contribution in [0.4, 0.5) is 5.69 Å². The maximum absolute atomic E-state index is 13.6. The number of pyridine rings is 1. The highest BCUT2D eigenvalue weighted by atomic mass is 35.5. The minimum atomic E-state index is -3.57. The van der Waals surface area contributed by atoms with Crippen LogP contribution in [0, 0.1) is 5.21 Å². The van der Waals surface area contributed by atoms with Crippen LogP contribution in [0.2, 0.25) is 5.02 Å². The van der Waals surface area contributed by atoms with Crippen molar-refractivity contribution in [3.8, 4) is 11.4 Å². The average Bonchev–Trinajstić information content (AvgIpc) is 3.40. The molecule has 1 saturated heterocycles. The number of ether oxygens (including phenoxy) is 1. The van der Waals surface area contributed by atoms with Crippen molar-refractivity contribution in [1.82, 2.24) is 14.1 Å². The molecule has 0 atom stereocenters. The summed E-state index contributed by atoms with van der Waals surface area (Å²) >= 11 is 6.13. The third kappa shape index (κ3) is 5.73. The molecule has 0 unspecified atom stereocenters. The summed E-state index contributed by atoms with van der Waals surface area (Å²) in [5.74, 6) is 0.0505. The summed E-state index contributed by atoms with van der Waals surface area (Å²) in [5, 5.41) is 16.1. The fourth-order valence-electron chi connectivity index (χ4n) is 4.78. The van der Waals surface area contributed by atoms with E-state index in [1.807, 2.05) is 4.90 Å². The second kappa shape index (κ2) is 10.7. The van der Waals surface area contributed by atoms with E-state index in [0.717, 1.165) is 25.7 Å². The Morgan fingerprint density at radius 3 is 2.46 bits per heavy atom. The van der Waals surface area contributed by atoms with Crippen LogP contribution >= 0.6 is 11.6 Å². The number of nitrogens with zero attached hydrogens (tertiary/aromatic N) is 5. The van der Waals surface area contributed by atoms with Gasteiger partial charge in [0.05, 0.1) is 23.7 Å². The monoisotopic (exact) mass is 545 g/mol. The van der Waals surface area contributed by atoms with Gasteiger partial charge in [0.15, 0.2) is 12.4 Å². The van der Waals surface area contributed by atoms with E-state index in [1.165, 1.54) is 33.5 Å². The molecule has 0 N–H and O–H groups in total. The lowest BCUT2D eigenvalue weighted by Crippen LogP contribution is -2.49. The van der Waals surface area contributed by atoms with Gasteiger partial charge in [-0.3, -0.25) is 4.79 Å². The Labute approximate surface area is 220 Å². The zero-order valence-corrected chi connectivity index (χ0v) is 21.8. The second-order valence-corrected chi connectivity index (χ2v) is 11.7. The number of hydrogen-bond donors (Lipinski definition) is 0. The average molecular weight is 546 g/mol. The van der Waals surface area contributed by atoms with E-state index in [0.29, 0.717) is 39.8 Å². The van der Waals surface area contributed by atoms with Crippen LogP contribution in [0.25, 0.3) is 5.69 Å². The van der Waals surface area contributed by atoms with Gasteiger partial charge in [0.25, 0.3) is 0 Å². The van der Waals surface area contributed by atoms with Crippen LogP contribution in [0.5, 0.6) is 5.75 Å². The molecule has 10 nitrogen and oxygen atoms in total. The molecule has 2 aromatic heterocycles. The molecule has 5 rings (SSSR count). The third-order valence-electron chi connectivity index (χ3n) is 6.75. The first-order valence-electron chi connectivity index (χ1n) is 12.3. The Balaban J connectivity index is 1.37. The fraction of sp³-hybridized carbons (Fsp3) is 0.400. The topological polar surface area (TPSA) is 112 Å². The molecule has 1 aliphatic carbocycles. The molecule has 3 aromatic rings. The maximum atomic E-state index is 13.6. The molecule has 1 saturated carbocycles. The van der Waals surface area contributed by atoms with E-state index >= 15 is 0 Å². The molecule has 1 aliphatic heterocycles. The van der Waals surface area contributed by atoms with Crippen molar-refractivity contribution >= 4 is 27.3 Å². The standard InChI is InChI=1S/C25H28ClN5O5S/c26-20-4-3-5-21(16-20)31-25(32)24(36-22-6-1-2-7-22)23(17-27-31)28-12-14-30(15-13-28)37(34,35)18-19-8-10-29(33)11-9-19/h3-5,8-11,16-17,22H,1-2,6-7,12-15,18H2. The number of rotatable bonds is 7. The summed E-state index contributed by atoms with van der Waals surface area (Å²) in [6, 6.07) is 9.92. The summed E-state index contributed by atoms with van der Waals surface area (Å²) in [6.45, 7) is 1.30. The minimum absolute atomic E-state index is 0.0398. The van der Waals surface area contributed by atoms with Gasteiger partial charge in [-0.05, 0) is 49.4 Å². The smallest absolute Gasteiger partial charge is 0.316 e. The first-order chi connectivity index (χ1) is 17.8. The van der Waals surface area contributed by atoms with Crippen molar-refractivity contribution in [3.63, 3.8) is 0 Å². The van der Waals surface area contributed by atoms with Gasteiger partial charge in [-0.2, -0.15) is 18.8 Å². The van der Waals surface area contributed by atoms with E-state index in [4.69, 9.17) is 16.3 Å². The van der Waals surface area contributed by atoms with E-state index in [-0.39, 0.29) is 36.3 Å². The summed E-state index contributed by atoms with van der Waals surface area (Å²) in [7, 11) is -3.57. The van der Waals surface area contributed by atoms with Gasteiger partial charge in [0.2, 0.25) is 15.8 Å². The van der Waals surface area contributed by atoms with Crippen LogP contribution in [0.15, 0.2) is 59.8 Å². The highest BCUT2D eigenvalue weighted by Gasteiger charge is 2.30. The summed E-state index contributed by atoms with van der Waals surface area (Å²) in [5.41, 5.74) is 1.28. The molecular formula is C25H28ClN5O5S. The van der Waals surface area contributed by atoms with Crippen LogP contribution in [0.1, 0.15) is 31.2 Å². The van der Waals surface area contributed by atoms with E-state index in [1.54, 1.807) is 30.5 Å². The van der Waals surface area contributed by atoms with Crippen LogP contribution in [0.3, 0.4) is 0 Å². The third-order valence-corrected chi connectivity index (χ3v) is 8.83. The molecule has 0 amide bonds. The molecule has 37 heavy (non-hydrogen) atoms. The Kier molecular flexibility index (Phi) is 7.36. The first-order valence-corrected chi connectivity index (χ1v) is 14.2. The highest BCUT2D eigenvalue weighted by molar-refractivity contribution is 7.88.